The number of H-pyrrole nitrogens is 2. The van der Waals surface area contributed by atoms with Crippen LogP contribution >= 0.6 is 0 Å². The van der Waals surface area contributed by atoms with E-state index in [9.17, 15) is 19.2 Å². The number of carbonyl (C=O) groups is 4. The zero-order valence-corrected chi connectivity index (χ0v) is 35.7. The van der Waals surface area contributed by atoms with Crippen LogP contribution in [0.2, 0.25) is 0 Å². The highest BCUT2D eigenvalue weighted by Gasteiger charge is 2.41. The molecule has 15 nitrogen and oxygen atoms in total. The van der Waals surface area contributed by atoms with E-state index in [-0.39, 0.29) is 35.7 Å². The van der Waals surface area contributed by atoms with Crippen LogP contribution in [0.15, 0.2) is 54.9 Å². The summed E-state index contributed by atoms with van der Waals surface area (Å²) in [5.41, 5.74) is 5.19. The van der Waals surface area contributed by atoms with Gasteiger partial charge in [0.25, 0.3) is 0 Å². The van der Waals surface area contributed by atoms with Crippen molar-refractivity contribution in [2.75, 3.05) is 27.3 Å². The van der Waals surface area contributed by atoms with Gasteiger partial charge in [-0.25, -0.2) is 19.6 Å². The minimum atomic E-state index is -0.620. The molecule has 0 bridgehead atoms. The van der Waals surface area contributed by atoms with Gasteiger partial charge in [-0.1, -0.05) is 62.8 Å². The van der Waals surface area contributed by atoms with Gasteiger partial charge in [-0.3, -0.25) is 14.6 Å². The van der Waals surface area contributed by atoms with Crippen LogP contribution in [0.5, 0.6) is 0 Å². The number of aromatic nitrogens is 5. The van der Waals surface area contributed by atoms with Gasteiger partial charge < -0.3 is 39.9 Å². The van der Waals surface area contributed by atoms with Gasteiger partial charge in [0.1, 0.15) is 23.7 Å². The molecule has 4 N–H and O–H groups in total. The predicted octanol–water partition coefficient (Wildman–Crippen LogP) is 8.11. The SMILES string of the molecule is COC(=O)NC(C(=O)N1CCCC1c1ncc(-c2ccc3cc(-c4cc5nc(C6CCCN6C(=O)C(NC(=O)OC)C6CCCCC6)[nH]c5cn4)ccc3c2)[nH]1)C1CCCCC1. The van der Waals surface area contributed by atoms with Crippen LogP contribution in [0, 0.1) is 11.8 Å². The number of hydrogen-bond acceptors (Lipinski definition) is 9. The lowest BCUT2D eigenvalue weighted by Gasteiger charge is -2.34. The molecule has 4 fully saturated rings. The fourth-order valence-electron chi connectivity index (χ4n) is 10.5. The Morgan fingerprint density at radius 2 is 1.18 bits per heavy atom. The topological polar surface area (TPSA) is 188 Å². The molecular formula is C47H57N9O6. The Kier molecular flexibility index (Phi) is 12.1. The van der Waals surface area contributed by atoms with E-state index in [1.54, 1.807) is 6.20 Å². The third-order valence-electron chi connectivity index (χ3n) is 13.8. The second kappa shape index (κ2) is 18.2. The van der Waals surface area contributed by atoms with Gasteiger partial charge in [0, 0.05) is 24.2 Å². The molecule has 3 aromatic heterocycles. The second-order valence-electron chi connectivity index (χ2n) is 17.6. The number of amides is 4. The lowest BCUT2D eigenvalue weighted by atomic mass is 9.83. The summed E-state index contributed by atoms with van der Waals surface area (Å²) in [6.07, 6.45) is 15.9. The minimum absolute atomic E-state index is 0.0628. The molecule has 4 amide bonds. The van der Waals surface area contributed by atoms with Crippen molar-refractivity contribution in [2.45, 2.75) is 114 Å². The maximum absolute atomic E-state index is 14.1. The molecule has 5 aromatic rings. The maximum atomic E-state index is 14.1. The van der Waals surface area contributed by atoms with Crippen LogP contribution in [-0.4, -0.2) is 98.1 Å². The Morgan fingerprint density at radius 1 is 0.629 bits per heavy atom. The second-order valence-corrected chi connectivity index (χ2v) is 17.6. The van der Waals surface area contributed by atoms with Crippen molar-refractivity contribution in [3.8, 4) is 22.5 Å². The quantitative estimate of drug-likeness (QED) is 0.108. The average Bonchev–Trinajstić information content (AvgIpc) is 4.16. The first-order valence-corrected chi connectivity index (χ1v) is 22.5. The molecule has 2 aliphatic carbocycles. The van der Waals surface area contributed by atoms with E-state index < -0.39 is 24.3 Å². The van der Waals surface area contributed by atoms with Crippen LogP contribution in [0.1, 0.15) is 114 Å². The fourth-order valence-corrected chi connectivity index (χ4v) is 10.5. The number of hydrogen-bond donors (Lipinski definition) is 4. The lowest BCUT2D eigenvalue weighted by molar-refractivity contribution is -0.136. The van der Waals surface area contributed by atoms with E-state index in [0.29, 0.717) is 13.1 Å². The first-order valence-electron chi connectivity index (χ1n) is 22.5. The number of nitrogens with one attached hydrogen (secondary N) is 4. The van der Waals surface area contributed by atoms with E-state index in [1.165, 1.54) is 14.2 Å². The molecule has 2 aliphatic heterocycles. The minimum Gasteiger partial charge on any atom is -0.453 e. The summed E-state index contributed by atoms with van der Waals surface area (Å²) in [5.74, 6) is 1.52. The van der Waals surface area contributed by atoms with E-state index in [4.69, 9.17) is 24.4 Å². The largest absolute Gasteiger partial charge is 0.453 e. The molecule has 4 unspecified atom stereocenters. The molecule has 0 spiro atoms. The molecule has 2 saturated carbocycles. The molecule has 0 radical (unpaired) electrons. The Morgan fingerprint density at radius 3 is 1.76 bits per heavy atom. The molecule has 326 valence electrons. The summed E-state index contributed by atoms with van der Waals surface area (Å²) in [7, 11) is 2.66. The standard InChI is InChI=1S/C47H57N9O6/c1-61-46(59)53-40(28-11-5-3-6-12-28)44(57)55-21-9-15-38(55)42-49-26-36(51-42)33-20-18-30-23-32(19-17-31(30)24-33)34-25-35-37(27-48-34)52-43(50-35)39-16-10-22-56(39)45(58)41(54-47(60)62-2)29-13-7-4-8-14-29/h17-20,23-29,38-41H,3-16,21-22H2,1-2H3,(H,49,51)(H,50,52)(H,53,59)(H,54,60). The van der Waals surface area contributed by atoms with Crippen LogP contribution in [-0.2, 0) is 19.1 Å². The van der Waals surface area contributed by atoms with E-state index >= 15 is 0 Å². The number of alkyl carbamates (subject to hydrolysis) is 2. The van der Waals surface area contributed by atoms with Crippen molar-refractivity contribution in [1.82, 2.24) is 45.4 Å². The molecule has 15 heteroatoms. The molecule has 62 heavy (non-hydrogen) atoms. The van der Waals surface area contributed by atoms with Crippen molar-refractivity contribution < 1.29 is 28.7 Å². The van der Waals surface area contributed by atoms with Gasteiger partial charge in [0.05, 0.1) is 61.1 Å². The average molecular weight is 844 g/mol. The highest BCUT2D eigenvalue weighted by Crippen LogP contribution is 2.38. The fraction of sp³-hybridized carbons (Fsp3) is 0.511. The number of nitrogens with zero attached hydrogens (tertiary/aromatic N) is 5. The summed E-state index contributed by atoms with van der Waals surface area (Å²) >= 11 is 0. The van der Waals surface area contributed by atoms with Crippen LogP contribution in [0.25, 0.3) is 44.3 Å². The zero-order chi connectivity index (χ0) is 42.7. The molecule has 4 aliphatic rings. The molecule has 9 rings (SSSR count). The first kappa shape index (κ1) is 41.4. The van der Waals surface area contributed by atoms with Gasteiger partial charge >= 0.3 is 12.2 Å². The van der Waals surface area contributed by atoms with Crippen molar-refractivity contribution in [1.29, 1.82) is 0 Å². The monoisotopic (exact) mass is 843 g/mol. The Hall–Kier alpha value is -5.99. The van der Waals surface area contributed by atoms with Crippen molar-refractivity contribution >= 4 is 45.8 Å². The molecule has 5 heterocycles. The normalized spacial score (nSPS) is 20.9. The summed E-state index contributed by atoms with van der Waals surface area (Å²) in [6.45, 7) is 1.22. The first-order chi connectivity index (χ1) is 30.3. The van der Waals surface area contributed by atoms with Gasteiger partial charge in [0.15, 0.2) is 0 Å². The molecule has 2 aromatic carbocycles. The van der Waals surface area contributed by atoms with E-state index in [1.807, 2.05) is 22.1 Å². The number of imidazole rings is 2. The number of methoxy groups -OCH3 is 2. The number of likely N-dealkylation sites (tertiary alicyclic amines) is 2. The highest BCUT2D eigenvalue weighted by molar-refractivity contribution is 5.91. The van der Waals surface area contributed by atoms with Gasteiger partial charge in [-0.15, -0.1) is 0 Å². The summed E-state index contributed by atoms with van der Waals surface area (Å²) in [4.78, 5) is 78.2. The molecule has 4 atom stereocenters. The summed E-state index contributed by atoms with van der Waals surface area (Å²) < 4.78 is 9.83. The van der Waals surface area contributed by atoms with Crippen molar-refractivity contribution in [2.24, 2.45) is 11.8 Å². The summed E-state index contributed by atoms with van der Waals surface area (Å²) in [6, 6.07) is 12.9. The smallest absolute Gasteiger partial charge is 0.407 e. The number of aromatic amines is 2. The van der Waals surface area contributed by atoms with Crippen LogP contribution in [0.3, 0.4) is 0 Å². The van der Waals surface area contributed by atoms with Crippen LogP contribution < -0.4 is 10.6 Å². The van der Waals surface area contributed by atoms with Crippen LogP contribution in [0.4, 0.5) is 9.59 Å². The Labute approximate surface area is 361 Å². The molecule has 2 saturated heterocycles. The lowest BCUT2D eigenvalue weighted by Crippen LogP contribution is -2.52. The number of ether oxygens (including phenoxy) is 2. The predicted molar refractivity (Wildman–Crippen MR) is 234 cm³/mol. The number of carbonyl (C=O) groups excluding carboxylic acids is 4. The highest BCUT2D eigenvalue weighted by atomic mass is 16.5. The number of fused-ring (bicyclic) bond motifs is 2. The zero-order valence-electron chi connectivity index (χ0n) is 35.7. The van der Waals surface area contributed by atoms with Gasteiger partial charge in [-0.2, -0.15) is 0 Å². The Bertz CT molecular complexity index is 2430. The van der Waals surface area contributed by atoms with E-state index in [0.717, 1.165) is 146 Å². The van der Waals surface area contributed by atoms with Crippen molar-refractivity contribution in [3.05, 3.63) is 66.5 Å². The van der Waals surface area contributed by atoms with Gasteiger partial charge in [-0.05, 0) is 92.2 Å². The number of pyridine rings is 1. The third-order valence-corrected chi connectivity index (χ3v) is 13.8. The molecular weight excluding hydrogens is 787 g/mol. The van der Waals surface area contributed by atoms with Gasteiger partial charge in [0.2, 0.25) is 11.8 Å². The number of benzene rings is 2. The Balaban J connectivity index is 0.900. The maximum Gasteiger partial charge on any atom is 0.407 e. The third kappa shape index (κ3) is 8.45. The van der Waals surface area contributed by atoms with E-state index in [2.05, 4.69) is 57.0 Å². The number of rotatable bonds is 10. The summed E-state index contributed by atoms with van der Waals surface area (Å²) in [5, 5.41) is 7.87. The van der Waals surface area contributed by atoms with Crippen molar-refractivity contribution in [3.63, 3.8) is 0 Å².